The number of carbonyl (C=O) groups is 2. The van der Waals surface area contributed by atoms with Crippen molar-refractivity contribution in [2.75, 3.05) is 0 Å². The number of phenolic OH excluding ortho intramolecular Hbond substituents is 1. The van der Waals surface area contributed by atoms with Crippen molar-refractivity contribution in [3.63, 3.8) is 0 Å². The minimum Gasteiger partial charge on any atom is -0.508 e. The quantitative estimate of drug-likeness (QED) is 0.669. The molecule has 5 heteroatoms. The largest absolute Gasteiger partial charge is 0.508 e. The van der Waals surface area contributed by atoms with Gasteiger partial charge in [0.1, 0.15) is 11.8 Å². The van der Waals surface area contributed by atoms with Crippen LogP contribution in [0.15, 0.2) is 66.7 Å². The van der Waals surface area contributed by atoms with Crippen LogP contribution in [-0.2, 0) is 11.2 Å². The summed E-state index contributed by atoms with van der Waals surface area (Å²) in [5.74, 6) is -1.44. The minimum absolute atomic E-state index is 0.107. The first-order valence-corrected chi connectivity index (χ1v) is 7.83. The van der Waals surface area contributed by atoms with Crippen molar-refractivity contribution < 1.29 is 19.8 Å². The Hall–Kier alpha value is -3.34. The molecule has 0 aliphatic carbocycles. The van der Waals surface area contributed by atoms with E-state index in [9.17, 15) is 19.8 Å². The smallest absolute Gasteiger partial charge is 0.326 e. The molecule has 0 aromatic heterocycles. The van der Waals surface area contributed by atoms with Gasteiger partial charge in [0.05, 0.1) is 0 Å². The summed E-state index contributed by atoms with van der Waals surface area (Å²) < 4.78 is 0. The van der Waals surface area contributed by atoms with Gasteiger partial charge >= 0.3 is 5.97 Å². The predicted molar refractivity (Wildman–Crippen MR) is 94.6 cm³/mol. The molecule has 0 bridgehead atoms. The third-order valence-electron chi connectivity index (χ3n) is 3.99. The zero-order chi connectivity index (χ0) is 17.8. The van der Waals surface area contributed by atoms with E-state index in [-0.39, 0.29) is 12.2 Å². The topological polar surface area (TPSA) is 86.6 Å². The van der Waals surface area contributed by atoms with Crippen LogP contribution in [0.5, 0.6) is 5.75 Å². The number of rotatable bonds is 5. The lowest BCUT2D eigenvalue weighted by Gasteiger charge is -2.15. The first kappa shape index (κ1) is 16.5. The highest BCUT2D eigenvalue weighted by Crippen LogP contribution is 2.16. The Morgan fingerprint density at radius 1 is 0.920 bits per heavy atom. The van der Waals surface area contributed by atoms with Crippen molar-refractivity contribution in [1.29, 1.82) is 0 Å². The lowest BCUT2D eigenvalue weighted by atomic mass is 10.0. The maximum absolute atomic E-state index is 12.4. The standard InChI is InChI=1S/C20H17NO4/c22-17-9-5-13(6-10-17)11-18(20(24)25)21-19(23)16-8-7-14-3-1-2-4-15(14)12-16/h1-10,12,18,22H,11H2,(H,21,23)(H,24,25). The molecule has 1 atom stereocenters. The van der Waals surface area contributed by atoms with Crippen molar-refractivity contribution in [1.82, 2.24) is 5.32 Å². The number of amides is 1. The molecular weight excluding hydrogens is 318 g/mol. The SMILES string of the molecule is O=C(NC(Cc1ccc(O)cc1)C(=O)O)c1ccc2ccccc2c1. The van der Waals surface area contributed by atoms with Crippen LogP contribution < -0.4 is 5.32 Å². The Kier molecular flexibility index (Phi) is 4.66. The van der Waals surface area contributed by atoms with Crippen LogP contribution >= 0.6 is 0 Å². The Labute approximate surface area is 144 Å². The number of fused-ring (bicyclic) bond motifs is 1. The molecule has 0 saturated carbocycles. The van der Waals surface area contributed by atoms with E-state index in [1.807, 2.05) is 30.3 Å². The molecule has 5 nitrogen and oxygen atoms in total. The number of carbonyl (C=O) groups excluding carboxylic acids is 1. The highest BCUT2D eigenvalue weighted by Gasteiger charge is 2.21. The van der Waals surface area contributed by atoms with Crippen LogP contribution in [0.25, 0.3) is 10.8 Å². The van der Waals surface area contributed by atoms with Gasteiger partial charge < -0.3 is 15.5 Å². The van der Waals surface area contributed by atoms with Gasteiger partial charge in [0.15, 0.2) is 0 Å². The molecule has 1 unspecified atom stereocenters. The van der Waals surface area contributed by atoms with Gasteiger partial charge in [-0.05, 0) is 40.6 Å². The fourth-order valence-corrected chi connectivity index (χ4v) is 2.64. The molecule has 25 heavy (non-hydrogen) atoms. The summed E-state index contributed by atoms with van der Waals surface area (Å²) in [6.07, 6.45) is 0.134. The van der Waals surface area contributed by atoms with Crippen LogP contribution in [0.4, 0.5) is 0 Å². The van der Waals surface area contributed by atoms with Crippen LogP contribution in [-0.4, -0.2) is 28.1 Å². The van der Waals surface area contributed by atoms with Gasteiger partial charge in [-0.15, -0.1) is 0 Å². The second-order valence-electron chi connectivity index (χ2n) is 5.80. The number of nitrogens with one attached hydrogen (secondary N) is 1. The van der Waals surface area contributed by atoms with Crippen LogP contribution in [0.1, 0.15) is 15.9 Å². The van der Waals surface area contributed by atoms with E-state index in [0.29, 0.717) is 11.1 Å². The number of carboxylic acids is 1. The molecular formula is C20H17NO4. The number of benzene rings is 3. The molecule has 0 spiro atoms. The zero-order valence-corrected chi connectivity index (χ0v) is 13.3. The molecule has 0 heterocycles. The molecule has 3 rings (SSSR count). The molecule has 0 saturated heterocycles. The fraction of sp³-hybridized carbons (Fsp3) is 0.100. The highest BCUT2D eigenvalue weighted by atomic mass is 16.4. The average Bonchev–Trinajstić information content (AvgIpc) is 2.62. The zero-order valence-electron chi connectivity index (χ0n) is 13.3. The van der Waals surface area contributed by atoms with Gasteiger partial charge in [-0.1, -0.05) is 42.5 Å². The lowest BCUT2D eigenvalue weighted by Crippen LogP contribution is -2.42. The predicted octanol–water partition coefficient (Wildman–Crippen LogP) is 2.97. The number of hydrogen-bond acceptors (Lipinski definition) is 3. The summed E-state index contributed by atoms with van der Waals surface area (Å²) >= 11 is 0. The third kappa shape index (κ3) is 3.95. The summed E-state index contributed by atoms with van der Waals surface area (Å²) in [5, 5.41) is 23.2. The lowest BCUT2D eigenvalue weighted by molar-refractivity contribution is -0.139. The Balaban J connectivity index is 1.77. The third-order valence-corrected chi connectivity index (χ3v) is 3.99. The summed E-state index contributed by atoms with van der Waals surface area (Å²) in [6.45, 7) is 0. The highest BCUT2D eigenvalue weighted by molar-refractivity contribution is 6.00. The van der Waals surface area contributed by atoms with Crippen LogP contribution in [0, 0.1) is 0 Å². The van der Waals surface area contributed by atoms with E-state index in [2.05, 4.69) is 5.32 Å². The van der Waals surface area contributed by atoms with E-state index in [1.54, 1.807) is 24.3 Å². The maximum atomic E-state index is 12.4. The number of aliphatic carboxylic acids is 1. The van der Waals surface area contributed by atoms with Gasteiger partial charge in [0.2, 0.25) is 0 Å². The molecule has 0 fully saturated rings. The van der Waals surface area contributed by atoms with Gasteiger partial charge in [-0.25, -0.2) is 4.79 Å². The molecule has 0 aliphatic heterocycles. The number of carboxylic acid groups (broad SMARTS) is 1. The molecule has 3 aromatic rings. The van der Waals surface area contributed by atoms with Crippen LogP contribution in [0.3, 0.4) is 0 Å². The second-order valence-corrected chi connectivity index (χ2v) is 5.80. The monoisotopic (exact) mass is 335 g/mol. The minimum atomic E-state index is -1.11. The molecule has 1 amide bonds. The van der Waals surface area contributed by atoms with Crippen molar-refractivity contribution in [2.24, 2.45) is 0 Å². The summed E-state index contributed by atoms with van der Waals surface area (Å²) in [6, 6.07) is 18.1. The van der Waals surface area contributed by atoms with Gasteiger partial charge in [0, 0.05) is 12.0 Å². The first-order valence-electron chi connectivity index (χ1n) is 7.83. The van der Waals surface area contributed by atoms with Crippen molar-refractivity contribution in [3.05, 3.63) is 77.9 Å². The van der Waals surface area contributed by atoms with Gasteiger partial charge in [-0.3, -0.25) is 4.79 Å². The second kappa shape index (κ2) is 7.05. The van der Waals surface area contributed by atoms with Crippen molar-refractivity contribution in [3.8, 4) is 5.75 Å². The van der Waals surface area contributed by atoms with Crippen molar-refractivity contribution in [2.45, 2.75) is 12.5 Å². The Bertz CT molecular complexity index is 918. The number of hydrogen-bond donors (Lipinski definition) is 3. The Morgan fingerprint density at radius 2 is 1.60 bits per heavy atom. The maximum Gasteiger partial charge on any atom is 0.326 e. The Morgan fingerprint density at radius 3 is 2.28 bits per heavy atom. The molecule has 0 radical (unpaired) electrons. The van der Waals surface area contributed by atoms with E-state index < -0.39 is 17.9 Å². The number of aromatic hydroxyl groups is 1. The molecule has 126 valence electrons. The summed E-state index contributed by atoms with van der Waals surface area (Å²) in [5.41, 5.74) is 1.12. The van der Waals surface area contributed by atoms with Crippen LogP contribution in [0.2, 0.25) is 0 Å². The average molecular weight is 335 g/mol. The normalized spacial score (nSPS) is 11.8. The first-order chi connectivity index (χ1) is 12.0. The van der Waals surface area contributed by atoms with E-state index in [4.69, 9.17) is 0 Å². The van der Waals surface area contributed by atoms with E-state index in [1.165, 1.54) is 12.1 Å². The molecule has 0 aliphatic rings. The van der Waals surface area contributed by atoms with E-state index in [0.717, 1.165) is 10.8 Å². The summed E-state index contributed by atoms with van der Waals surface area (Å²) in [7, 11) is 0. The van der Waals surface area contributed by atoms with Gasteiger partial charge in [0.25, 0.3) is 5.91 Å². The summed E-state index contributed by atoms with van der Waals surface area (Å²) in [4.78, 5) is 23.9. The fourth-order valence-electron chi connectivity index (χ4n) is 2.64. The van der Waals surface area contributed by atoms with Crippen molar-refractivity contribution >= 4 is 22.6 Å². The molecule has 3 aromatic carbocycles. The number of phenols is 1. The molecule has 3 N–H and O–H groups in total. The van der Waals surface area contributed by atoms with E-state index >= 15 is 0 Å². The van der Waals surface area contributed by atoms with Gasteiger partial charge in [-0.2, -0.15) is 0 Å².